The Balaban J connectivity index is 2.11. The van der Waals surface area contributed by atoms with Crippen molar-refractivity contribution in [1.82, 2.24) is 4.98 Å². The third-order valence-electron chi connectivity index (χ3n) is 2.06. The van der Waals surface area contributed by atoms with Gasteiger partial charge in [0.15, 0.2) is 0 Å². The SMILES string of the molecule is O=C(Nc1ccc(Br)cc1)c1ccc(Br)cn1. The largest absolute Gasteiger partial charge is 0.321 e. The molecule has 0 fully saturated rings. The summed E-state index contributed by atoms with van der Waals surface area (Å²) in [5.41, 5.74) is 1.12. The van der Waals surface area contributed by atoms with Crippen molar-refractivity contribution in [1.29, 1.82) is 0 Å². The van der Waals surface area contributed by atoms with Crippen molar-refractivity contribution < 1.29 is 4.79 Å². The van der Waals surface area contributed by atoms with Crippen molar-refractivity contribution in [2.45, 2.75) is 0 Å². The van der Waals surface area contributed by atoms with Gasteiger partial charge >= 0.3 is 0 Å². The van der Waals surface area contributed by atoms with Gasteiger partial charge < -0.3 is 5.32 Å². The van der Waals surface area contributed by atoms with Crippen molar-refractivity contribution in [2.24, 2.45) is 0 Å². The van der Waals surface area contributed by atoms with Gasteiger partial charge in [0.05, 0.1) is 0 Å². The van der Waals surface area contributed by atoms with Crippen LogP contribution in [-0.4, -0.2) is 10.9 Å². The molecule has 1 aromatic heterocycles. The van der Waals surface area contributed by atoms with E-state index >= 15 is 0 Å². The fourth-order valence-corrected chi connectivity index (χ4v) is 1.74. The molecule has 5 heteroatoms. The van der Waals surface area contributed by atoms with Crippen LogP contribution in [0.2, 0.25) is 0 Å². The topological polar surface area (TPSA) is 42.0 Å². The normalized spacial score (nSPS) is 10.0. The molecule has 86 valence electrons. The Bertz CT molecular complexity index is 523. The van der Waals surface area contributed by atoms with E-state index in [4.69, 9.17) is 0 Å². The zero-order valence-corrected chi connectivity index (χ0v) is 11.8. The van der Waals surface area contributed by atoms with Crippen molar-refractivity contribution in [2.75, 3.05) is 5.32 Å². The summed E-state index contributed by atoms with van der Waals surface area (Å²) >= 11 is 6.60. The molecule has 0 bridgehead atoms. The summed E-state index contributed by atoms with van der Waals surface area (Å²) in [6.45, 7) is 0. The number of anilines is 1. The van der Waals surface area contributed by atoms with Crippen LogP contribution < -0.4 is 5.32 Å². The predicted molar refractivity (Wildman–Crippen MR) is 74.0 cm³/mol. The molecule has 0 aliphatic heterocycles. The minimum atomic E-state index is -0.222. The Labute approximate surface area is 116 Å². The van der Waals surface area contributed by atoms with Gasteiger partial charge in [-0.3, -0.25) is 4.79 Å². The zero-order chi connectivity index (χ0) is 12.3. The van der Waals surface area contributed by atoms with Crippen LogP contribution in [0, 0.1) is 0 Å². The smallest absolute Gasteiger partial charge is 0.274 e. The summed E-state index contributed by atoms with van der Waals surface area (Å²) < 4.78 is 1.81. The average molecular weight is 356 g/mol. The highest BCUT2D eigenvalue weighted by Crippen LogP contribution is 2.15. The molecule has 1 aromatic carbocycles. The Kier molecular flexibility index (Phi) is 3.91. The second kappa shape index (κ2) is 5.42. The predicted octanol–water partition coefficient (Wildman–Crippen LogP) is 3.86. The summed E-state index contributed by atoms with van der Waals surface area (Å²) in [5.74, 6) is -0.222. The van der Waals surface area contributed by atoms with Gasteiger partial charge in [0, 0.05) is 20.8 Å². The van der Waals surface area contributed by atoms with Crippen molar-refractivity contribution in [3.8, 4) is 0 Å². The van der Waals surface area contributed by atoms with Gasteiger partial charge in [0.2, 0.25) is 0 Å². The fraction of sp³-hybridized carbons (Fsp3) is 0. The lowest BCUT2D eigenvalue weighted by Gasteiger charge is -2.04. The molecule has 2 aromatic rings. The number of nitrogens with one attached hydrogen (secondary N) is 1. The molecule has 0 unspecified atom stereocenters. The first-order valence-corrected chi connectivity index (χ1v) is 6.42. The third kappa shape index (κ3) is 3.38. The molecule has 0 radical (unpaired) electrons. The number of rotatable bonds is 2. The van der Waals surface area contributed by atoms with Crippen LogP contribution in [0.15, 0.2) is 51.5 Å². The first-order valence-electron chi connectivity index (χ1n) is 4.83. The molecule has 17 heavy (non-hydrogen) atoms. The van der Waals surface area contributed by atoms with Crippen LogP contribution in [0.4, 0.5) is 5.69 Å². The Morgan fingerprint density at radius 2 is 1.65 bits per heavy atom. The van der Waals surface area contributed by atoms with Crippen molar-refractivity contribution in [3.05, 3.63) is 57.2 Å². The highest BCUT2D eigenvalue weighted by Gasteiger charge is 2.06. The van der Waals surface area contributed by atoms with Gasteiger partial charge in [0.25, 0.3) is 5.91 Å². The lowest BCUT2D eigenvalue weighted by atomic mass is 10.3. The average Bonchev–Trinajstić information content (AvgIpc) is 2.33. The number of hydrogen-bond acceptors (Lipinski definition) is 2. The number of aromatic nitrogens is 1. The zero-order valence-electron chi connectivity index (χ0n) is 8.65. The molecular weight excluding hydrogens is 348 g/mol. The van der Waals surface area contributed by atoms with Crippen LogP contribution in [0.25, 0.3) is 0 Å². The number of pyridine rings is 1. The monoisotopic (exact) mass is 354 g/mol. The fourth-order valence-electron chi connectivity index (χ4n) is 1.24. The second-order valence-corrected chi connectivity index (χ2v) is 5.15. The Morgan fingerprint density at radius 3 is 2.24 bits per heavy atom. The van der Waals surface area contributed by atoms with E-state index in [0.29, 0.717) is 5.69 Å². The van der Waals surface area contributed by atoms with Gasteiger partial charge in [0.1, 0.15) is 5.69 Å². The first kappa shape index (κ1) is 12.3. The summed E-state index contributed by atoms with van der Waals surface area (Å²) in [5, 5.41) is 2.77. The molecule has 0 spiro atoms. The molecule has 2 rings (SSSR count). The maximum atomic E-state index is 11.8. The summed E-state index contributed by atoms with van der Waals surface area (Å²) in [4.78, 5) is 15.8. The van der Waals surface area contributed by atoms with Crippen molar-refractivity contribution >= 4 is 43.5 Å². The number of halogens is 2. The highest BCUT2D eigenvalue weighted by molar-refractivity contribution is 9.10. The van der Waals surface area contributed by atoms with Gasteiger partial charge in [-0.1, -0.05) is 15.9 Å². The molecule has 1 heterocycles. The standard InChI is InChI=1S/C12H8Br2N2O/c13-8-1-4-10(5-2-8)16-12(17)11-6-3-9(14)7-15-11/h1-7H,(H,16,17). The van der Waals surface area contributed by atoms with Crippen LogP contribution in [0.3, 0.4) is 0 Å². The molecule has 0 atom stereocenters. The molecule has 1 N–H and O–H groups in total. The van der Waals surface area contributed by atoms with E-state index in [1.54, 1.807) is 18.3 Å². The first-order chi connectivity index (χ1) is 8.15. The van der Waals surface area contributed by atoms with Crippen LogP contribution in [-0.2, 0) is 0 Å². The van der Waals surface area contributed by atoms with E-state index < -0.39 is 0 Å². The highest BCUT2D eigenvalue weighted by atomic mass is 79.9. The van der Waals surface area contributed by atoms with E-state index in [-0.39, 0.29) is 5.91 Å². The second-order valence-electron chi connectivity index (χ2n) is 3.32. The minimum Gasteiger partial charge on any atom is -0.321 e. The molecule has 0 aliphatic carbocycles. The van der Waals surface area contributed by atoms with Gasteiger partial charge in [-0.2, -0.15) is 0 Å². The molecule has 0 saturated heterocycles. The third-order valence-corrected chi connectivity index (χ3v) is 3.06. The van der Waals surface area contributed by atoms with E-state index in [1.165, 1.54) is 0 Å². The van der Waals surface area contributed by atoms with E-state index in [0.717, 1.165) is 14.6 Å². The molecular formula is C12H8Br2N2O. The quantitative estimate of drug-likeness (QED) is 0.888. The number of carbonyl (C=O) groups is 1. The van der Waals surface area contributed by atoms with Gasteiger partial charge in [-0.15, -0.1) is 0 Å². The van der Waals surface area contributed by atoms with Crippen molar-refractivity contribution in [3.63, 3.8) is 0 Å². The lowest BCUT2D eigenvalue weighted by molar-refractivity contribution is 0.102. The number of hydrogen-bond donors (Lipinski definition) is 1. The molecule has 0 saturated carbocycles. The minimum absolute atomic E-state index is 0.222. The summed E-state index contributed by atoms with van der Waals surface area (Å²) in [6.07, 6.45) is 1.59. The van der Waals surface area contributed by atoms with Gasteiger partial charge in [-0.05, 0) is 52.3 Å². The maximum absolute atomic E-state index is 11.8. The molecule has 1 amide bonds. The maximum Gasteiger partial charge on any atom is 0.274 e. The molecule has 0 aliphatic rings. The van der Waals surface area contributed by atoms with E-state index in [2.05, 4.69) is 42.2 Å². The van der Waals surface area contributed by atoms with Crippen LogP contribution in [0.1, 0.15) is 10.5 Å². The summed E-state index contributed by atoms with van der Waals surface area (Å²) in [7, 11) is 0. The number of benzene rings is 1. The Morgan fingerprint density at radius 1 is 1.00 bits per heavy atom. The number of amides is 1. The Hall–Kier alpha value is -1.20. The summed E-state index contributed by atoms with van der Waals surface area (Å²) in [6, 6.07) is 10.8. The number of nitrogens with zero attached hydrogens (tertiary/aromatic N) is 1. The van der Waals surface area contributed by atoms with E-state index in [9.17, 15) is 4.79 Å². The number of carbonyl (C=O) groups excluding carboxylic acids is 1. The molecule has 3 nitrogen and oxygen atoms in total. The van der Waals surface area contributed by atoms with Crippen LogP contribution >= 0.6 is 31.9 Å². The van der Waals surface area contributed by atoms with Crippen LogP contribution in [0.5, 0.6) is 0 Å². The van der Waals surface area contributed by atoms with E-state index in [1.807, 2.05) is 24.3 Å². The lowest BCUT2D eigenvalue weighted by Crippen LogP contribution is -2.13. The van der Waals surface area contributed by atoms with Gasteiger partial charge in [-0.25, -0.2) is 4.98 Å².